The van der Waals surface area contributed by atoms with Crippen LogP contribution in [0.1, 0.15) is 32.6 Å². The highest BCUT2D eigenvalue weighted by atomic mass is 19.3. The first-order valence-corrected chi connectivity index (χ1v) is 5.32. The van der Waals surface area contributed by atoms with Crippen molar-refractivity contribution < 1.29 is 13.5 Å². The number of ether oxygens (including phenoxy) is 1. The largest absolute Gasteiger partial charge is 0.381 e. The molecule has 0 aromatic heterocycles. The Labute approximate surface area is 84.0 Å². The summed E-state index contributed by atoms with van der Waals surface area (Å²) >= 11 is 0. The van der Waals surface area contributed by atoms with Crippen LogP contribution >= 0.6 is 0 Å². The lowest BCUT2D eigenvalue weighted by atomic mass is 9.91. The molecule has 0 amide bonds. The van der Waals surface area contributed by atoms with E-state index in [4.69, 9.17) is 4.74 Å². The van der Waals surface area contributed by atoms with E-state index < -0.39 is 12.0 Å². The first-order chi connectivity index (χ1) is 6.71. The Morgan fingerprint density at radius 1 is 1.36 bits per heavy atom. The molecule has 0 spiro atoms. The predicted octanol–water partition coefficient (Wildman–Crippen LogP) is 2.19. The van der Waals surface area contributed by atoms with Gasteiger partial charge in [-0.25, -0.2) is 8.78 Å². The average Bonchev–Trinajstić information content (AvgIpc) is 2.41. The highest BCUT2D eigenvalue weighted by Crippen LogP contribution is 2.28. The Morgan fingerprint density at radius 2 is 2.14 bits per heavy atom. The van der Waals surface area contributed by atoms with Gasteiger partial charge in [-0.05, 0) is 32.2 Å². The number of alkyl halides is 2. The number of halogens is 2. The first-order valence-electron chi connectivity index (χ1n) is 5.32. The van der Waals surface area contributed by atoms with Crippen LogP contribution < -0.4 is 5.32 Å². The standard InChI is InChI=1S/C10H19F2NO/c1-2-6-13-10(9(11)12)4-3-7-14-8-5-10/h9,13H,2-8H2,1H3. The number of rotatable bonds is 4. The Hall–Kier alpha value is -0.220. The van der Waals surface area contributed by atoms with Gasteiger partial charge in [-0.2, -0.15) is 0 Å². The summed E-state index contributed by atoms with van der Waals surface area (Å²) in [6.45, 7) is 3.70. The molecule has 4 heteroatoms. The van der Waals surface area contributed by atoms with E-state index >= 15 is 0 Å². The smallest absolute Gasteiger partial charge is 0.256 e. The molecule has 1 unspecified atom stereocenters. The van der Waals surface area contributed by atoms with Gasteiger partial charge >= 0.3 is 0 Å². The van der Waals surface area contributed by atoms with Crippen LogP contribution in [-0.4, -0.2) is 31.7 Å². The van der Waals surface area contributed by atoms with Crippen LogP contribution in [0.25, 0.3) is 0 Å². The molecule has 84 valence electrons. The fraction of sp³-hybridized carbons (Fsp3) is 1.00. The van der Waals surface area contributed by atoms with Crippen LogP contribution in [0, 0.1) is 0 Å². The van der Waals surface area contributed by atoms with Crippen molar-refractivity contribution in [2.45, 2.75) is 44.6 Å². The number of hydrogen-bond donors (Lipinski definition) is 1. The molecule has 0 aromatic carbocycles. The van der Waals surface area contributed by atoms with Gasteiger partial charge in [0.15, 0.2) is 0 Å². The van der Waals surface area contributed by atoms with Gasteiger partial charge in [-0.15, -0.1) is 0 Å². The van der Waals surface area contributed by atoms with Gasteiger partial charge in [0.05, 0.1) is 5.54 Å². The summed E-state index contributed by atoms with van der Waals surface area (Å²) in [5.41, 5.74) is -0.994. The molecule has 0 bridgehead atoms. The molecular formula is C10H19F2NO. The number of nitrogens with one attached hydrogen (secondary N) is 1. The highest BCUT2D eigenvalue weighted by Gasteiger charge is 2.39. The minimum absolute atomic E-state index is 0.421. The SMILES string of the molecule is CCCNC1(C(F)F)CCCOCC1. The Morgan fingerprint density at radius 3 is 2.79 bits per heavy atom. The van der Waals surface area contributed by atoms with E-state index in [1.807, 2.05) is 6.92 Å². The maximum atomic E-state index is 13.0. The van der Waals surface area contributed by atoms with Crippen LogP contribution in [0.4, 0.5) is 8.78 Å². The Kier molecular flexibility index (Phi) is 4.75. The Bertz CT molecular complexity index is 156. The molecule has 1 heterocycles. The third kappa shape index (κ3) is 2.89. The second-order valence-corrected chi connectivity index (χ2v) is 3.85. The van der Waals surface area contributed by atoms with Gasteiger partial charge in [0.2, 0.25) is 0 Å². The van der Waals surface area contributed by atoms with Crippen LogP contribution in [0.5, 0.6) is 0 Å². The molecule has 0 saturated carbocycles. The molecule has 1 atom stereocenters. The summed E-state index contributed by atoms with van der Waals surface area (Å²) in [6.07, 6.45) is 0.252. The van der Waals surface area contributed by atoms with Gasteiger partial charge < -0.3 is 10.1 Å². The third-order valence-electron chi connectivity index (χ3n) is 2.75. The quantitative estimate of drug-likeness (QED) is 0.763. The lowest BCUT2D eigenvalue weighted by molar-refractivity contribution is 0.0161. The van der Waals surface area contributed by atoms with E-state index in [1.54, 1.807) is 0 Å². The second kappa shape index (κ2) is 5.61. The topological polar surface area (TPSA) is 21.3 Å². The minimum Gasteiger partial charge on any atom is -0.381 e. The fourth-order valence-corrected chi connectivity index (χ4v) is 1.82. The van der Waals surface area contributed by atoms with E-state index in [1.165, 1.54) is 0 Å². The zero-order valence-electron chi connectivity index (χ0n) is 8.69. The number of hydrogen-bond acceptors (Lipinski definition) is 2. The summed E-state index contributed by atoms with van der Waals surface area (Å²) in [7, 11) is 0. The zero-order valence-corrected chi connectivity index (χ0v) is 8.69. The fourth-order valence-electron chi connectivity index (χ4n) is 1.82. The average molecular weight is 207 g/mol. The van der Waals surface area contributed by atoms with E-state index in [2.05, 4.69) is 5.32 Å². The highest BCUT2D eigenvalue weighted by molar-refractivity contribution is 4.91. The van der Waals surface area contributed by atoms with Gasteiger partial charge in [-0.3, -0.25) is 0 Å². The van der Waals surface area contributed by atoms with Crippen molar-refractivity contribution in [3.8, 4) is 0 Å². The van der Waals surface area contributed by atoms with Gasteiger partial charge in [0, 0.05) is 13.2 Å². The third-order valence-corrected chi connectivity index (χ3v) is 2.75. The van der Waals surface area contributed by atoms with Crippen LogP contribution in [0.15, 0.2) is 0 Å². The minimum atomic E-state index is -2.30. The van der Waals surface area contributed by atoms with Crippen molar-refractivity contribution in [1.29, 1.82) is 0 Å². The summed E-state index contributed by atoms with van der Waals surface area (Å²) < 4.78 is 31.1. The monoisotopic (exact) mass is 207 g/mol. The van der Waals surface area contributed by atoms with Crippen LogP contribution in [0.2, 0.25) is 0 Å². The van der Waals surface area contributed by atoms with E-state index in [-0.39, 0.29) is 0 Å². The molecule has 1 saturated heterocycles. The van der Waals surface area contributed by atoms with Crippen molar-refractivity contribution in [2.24, 2.45) is 0 Å². The molecule has 14 heavy (non-hydrogen) atoms. The molecule has 1 aliphatic rings. The molecule has 0 aromatic rings. The molecule has 1 fully saturated rings. The van der Waals surface area contributed by atoms with Crippen molar-refractivity contribution in [2.75, 3.05) is 19.8 Å². The van der Waals surface area contributed by atoms with Crippen LogP contribution in [0.3, 0.4) is 0 Å². The van der Waals surface area contributed by atoms with Crippen molar-refractivity contribution in [3.63, 3.8) is 0 Å². The molecule has 2 nitrogen and oxygen atoms in total. The van der Waals surface area contributed by atoms with Crippen molar-refractivity contribution in [1.82, 2.24) is 5.32 Å². The summed E-state index contributed by atoms with van der Waals surface area (Å²) in [5, 5.41) is 2.99. The lowest BCUT2D eigenvalue weighted by Gasteiger charge is -2.32. The summed E-state index contributed by atoms with van der Waals surface area (Å²) in [4.78, 5) is 0. The summed E-state index contributed by atoms with van der Waals surface area (Å²) in [6, 6.07) is 0. The predicted molar refractivity (Wildman–Crippen MR) is 51.7 cm³/mol. The lowest BCUT2D eigenvalue weighted by Crippen LogP contribution is -2.51. The van der Waals surface area contributed by atoms with E-state index in [0.717, 1.165) is 12.8 Å². The molecule has 1 aliphatic heterocycles. The molecule has 1 rings (SSSR count). The molecular weight excluding hydrogens is 188 g/mol. The zero-order chi connectivity index (χ0) is 10.4. The van der Waals surface area contributed by atoms with Gasteiger partial charge in [0.25, 0.3) is 6.43 Å². The van der Waals surface area contributed by atoms with Crippen molar-refractivity contribution >= 4 is 0 Å². The molecule has 0 radical (unpaired) electrons. The summed E-state index contributed by atoms with van der Waals surface area (Å²) in [5.74, 6) is 0. The maximum Gasteiger partial charge on any atom is 0.256 e. The van der Waals surface area contributed by atoms with Gasteiger partial charge in [-0.1, -0.05) is 6.92 Å². The molecule has 0 aliphatic carbocycles. The second-order valence-electron chi connectivity index (χ2n) is 3.85. The maximum absolute atomic E-state index is 13.0. The van der Waals surface area contributed by atoms with E-state index in [9.17, 15) is 8.78 Å². The normalized spacial score (nSPS) is 29.1. The first kappa shape index (κ1) is 11.9. The van der Waals surface area contributed by atoms with Crippen molar-refractivity contribution in [3.05, 3.63) is 0 Å². The van der Waals surface area contributed by atoms with E-state index in [0.29, 0.717) is 32.6 Å². The molecule has 1 N–H and O–H groups in total. The van der Waals surface area contributed by atoms with Gasteiger partial charge in [0.1, 0.15) is 0 Å². The van der Waals surface area contributed by atoms with Crippen LogP contribution in [-0.2, 0) is 4.74 Å². The Balaban J connectivity index is 2.57.